The fraction of sp³-hybridized carbons (Fsp3) is 0.556. The molecule has 0 saturated carbocycles. The molecule has 2 unspecified atom stereocenters. The first-order chi connectivity index (χ1) is 10.9. The Morgan fingerprint density at radius 1 is 1.39 bits per heavy atom. The predicted molar refractivity (Wildman–Crippen MR) is 92.6 cm³/mol. The number of amides is 2. The van der Waals surface area contributed by atoms with Gasteiger partial charge in [0.1, 0.15) is 0 Å². The fourth-order valence-corrected chi connectivity index (χ4v) is 2.97. The van der Waals surface area contributed by atoms with Gasteiger partial charge in [-0.25, -0.2) is 0 Å². The first kappa shape index (κ1) is 17.5. The third-order valence-corrected chi connectivity index (χ3v) is 4.76. The van der Waals surface area contributed by atoms with Crippen molar-refractivity contribution in [2.45, 2.75) is 45.2 Å². The van der Waals surface area contributed by atoms with Crippen LogP contribution >= 0.6 is 0 Å². The summed E-state index contributed by atoms with van der Waals surface area (Å²) in [5, 5.41) is 2.80. The monoisotopic (exact) mass is 317 g/mol. The van der Waals surface area contributed by atoms with Gasteiger partial charge < -0.3 is 15.1 Å². The average molecular weight is 317 g/mol. The largest absolute Gasteiger partial charge is 0.339 e. The van der Waals surface area contributed by atoms with E-state index in [0.29, 0.717) is 23.7 Å². The summed E-state index contributed by atoms with van der Waals surface area (Å²) in [7, 11) is 4.00. The maximum Gasteiger partial charge on any atom is 0.253 e. The van der Waals surface area contributed by atoms with Gasteiger partial charge in [0.05, 0.1) is 0 Å². The van der Waals surface area contributed by atoms with Gasteiger partial charge in [-0.3, -0.25) is 9.59 Å². The molecular weight excluding hydrogens is 290 g/mol. The molecule has 0 radical (unpaired) electrons. The summed E-state index contributed by atoms with van der Waals surface area (Å²) >= 11 is 0. The van der Waals surface area contributed by atoms with Gasteiger partial charge in [0, 0.05) is 43.3 Å². The summed E-state index contributed by atoms with van der Waals surface area (Å²) in [6.45, 7) is 5.01. The van der Waals surface area contributed by atoms with Crippen LogP contribution in [0.4, 0.5) is 5.69 Å². The van der Waals surface area contributed by atoms with Crippen molar-refractivity contribution in [3.05, 3.63) is 29.8 Å². The molecule has 2 amide bonds. The summed E-state index contributed by atoms with van der Waals surface area (Å²) in [5.74, 6) is -0.0357. The van der Waals surface area contributed by atoms with E-state index < -0.39 is 0 Å². The predicted octanol–water partition coefficient (Wildman–Crippen LogP) is 2.59. The zero-order chi connectivity index (χ0) is 17.0. The molecule has 1 aromatic carbocycles. The summed E-state index contributed by atoms with van der Waals surface area (Å²) in [6.07, 6.45) is 2.41. The minimum absolute atomic E-state index is 0.0133. The summed E-state index contributed by atoms with van der Waals surface area (Å²) in [5.41, 5.74) is 1.29. The van der Waals surface area contributed by atoms with E-state index in [-0.39, 0.29) is 17.9 Å². The average Bonchev–Trinajstić information content (AvgIpc) is 2.56. The number of benzene rings is 1. The summed E-state index contributed by atoms with van der Waals surface area (Å²) < 4.78 is 0. The van der Waals surface area contributed by atoms with Crippen LogP contribution in [0.1, 0.15) is 43.5 Å². The topological polar surface area (TPSA) is 52.7 Å². The Morgan fingerprint density at radius 3 is 2.78 bits per heavy atom. The molecule has 1 fully saturated rings. The standard InChI is InChI=1S/C18H27N3O2/c1-5-17(22)19-15-8-6-7-14(12-15)18(23)21(4)16-9-10-20(3)13(2)11-16/h6-8,12-13,16H,5,9-11H2,1-4H3,(H,19,22). The molecule has 0 aromatic heterocycles. The van der Waals surface area contributed by atoms with Crippen molar-refractivity contribution in [1.82, 2.24) is 9.80 Å². The van der Waals surface area contributed by atoms with Crippen molar-refractivity contribution in [3.63, 3.8) is 0 Å². The quantitative estimate of drug-likeness (QED) is 0.928. The number of hydrogen-bond donors (Lipinski definition) is 1. The van der Waals surface area contributed by atoms with Crippen LogP contribution in [0.3, 0.4) is 0 Å². The molecule has 126 valence electrons. The Bertz CT molecular complexity index is 573. The lowest BCUT2D eigenvalue weighted by atomic mass is 9.97. The zero-order valence-corrected chi connectivity index (χ0v) is 14.5. The van der Waals surface area contributed by atoms with Gasteiger partial charge in [-0.05, 0) is 45.0 Å². The third-order valence-electron chi connectivity index (χ3n) is 4.76. The van der Waals surface area contributed by atoms with E-state index in [1.165, 1.54) is 0 Å². The molecule has 2 atom stereocenters. The Hall–Kier alpha value is -1.88. The molecule has 23 heavy (non-hydrogen) atoms. The van der Waals surface area contributed by atoms with Crippen LogP contribution in [-0.4, -0.2) is 54.3 Å². The fourth-order valence-electron chi connectivity index (χ4n) is 2.97. The number of carbonyl (C=O) groups is 2. The number of carbonyl (C=O) groups excluding carboxylic acids is 2. The lowest BCUT2D eigenvalue weighted by Gasteiger charge is -2.39. The highest BCUT2D eigenvalue weighted by Crippen LogP contribution is 2.22. The van der Waals surface area contributed by atoms with Gasteiger partial charge in [-0.1, -0.05) is 13.0 Å². The minimum Gasteiger partial charge on any atom is -0.339 e. The SMILES string of the molecule is CCC(=O)Nc1cccc(C(=O)N(C)C2CCN(C)C(C)C2)c1. The normalized spacial score (nSPS) is 21.7. The van der Waals surface area contributed by atoms with Gasteiger partial charge in [0.15, 0.2) is 0 Å². The first-order valence-electron chi connectivity index (χ1n) is 8.29. The number of piperidine rings is 1. The Labute approximate surface area is 138 Å². The smallest absolute Gasteiger partial charge is 0.253 e. The molecule has 5 heteroatoms. The number of nitrogens with zero attached hydrogens (tertiary/aromatic N) is 2. The summed E-state index contributed by atoms with van der Waals surface area (Å²) in [4.78, 5) is 28.4. The molecule has 0 spiro atoms. The van der Waals surface area contributed by atoms with Gasteiger partial charge >= 0.3 is 0 Å². The van der Waals surface area contributed by atoms with E-state index in [1.807, 2.05) is 24.1 Å². The van der Waals surface area contributed by atoms with Crippen molar-refractivity contribution < 1.29 is 9.59 Å². The molecule has 1 N–H and O–H groups in total. The van der Waals surface area contributed by atoms with Crippen LogP contribution < -0.4 is 5.32 Å². The van der Waals surface area contributed by atoms with Crippen LogP contribution in [0, 0.1) is 0 Å². The highest BCUT2D eigenvalue weighted by atomic mass is 16.2. The molecule has 0 bridgehead atoms. The van der Waals surface area contributed by atoms with Crippen LogP contribution in [-0.2, 0) is 4.79 Å². The lowest BCUT2D eigenvalue weighted by molar-refractivity contribution is -0.115. The van der Waals surface area contributed by atoms with Crippen molar-refractivity contribution in [3.8, 4) is 0 Å². The molecule has 1 saturated heterocycles. The maximum atomic E-state index is 12.7. The van der Waals surface area contributed by atoms with E-state index >= 15 is 0 Å². The molecular formula is C18H27N3O2. The Balaban J connectivity index is 2.07. The first-order valence-corrected chi connectivity index (χ1v) is 8.29. The number of hydrogen-bond acceptors (Lipinski definition) is 3. The zero-order valence-electron chi connectivity index (χ0n) is 14.5. The van der Waals surface area contributed by atoms with Crippen molar-refractivity contribution in [1.29, 1.82) is 0 Å². The highest BCUT2D eigenvalue weighted by Gasteiger charge is 2.28. The Kier molecular flexibility index (Phi) is 5.77. The molecule has 1 aliphatic heterocycles. The van der Waals surface area contributed by atoms with Crippen LogP contribution in [0.2, 0.25) is 0 Å². The molecule has 1 heterocycles. The van der Waals surface area contributed by atoms with Crippen molar-refractivity contribution in [2.24, 2.45) is 0 Å². The third kappa shape index (κ3) is 4.32. The second-order valence-electron chi connectivity index (χ2n) is 6.41. The second kappa shape index (κ2) is 7.59. The van der Waals surface area contributed by atoms with Gasteiger partial charge in [-0.2, -0.15) is 0 Å². The highest BCUT2D eigenvalue weighted by molar-refractivity contribution is 5.97. The number of likely N-dealkylation sites (tertiary alicyclic amines) is 1. The lowest BCUT2D eigenvalue weighted by Crippen LogP contribution is -2.48. The molecule has 0 aliphatic carbocycles. The van der Waals surface area contributed by atoms with E-state index in [1.54, 1.807) is 19.1 Å². The molecule has 2 rings (SSSR count). The van der Waals surface area contributed by atoms with E-state index in [2.05, 4.69) is 24.2 Å². The summed E-state index contributed by atoms with van der Waals surface area (Å²) in [6, 6.07) is 7.93. The molecule has 5 nitrogen and oxygen atoms in total. The maximum absolute atomic E-state index is 12.7. The van der Waals surface area contributed by atoms with Gasteiger partial charge in [-0.15, -0.1) is 0 Å². The van der Waals surface area contributed by atoms with Gasteiger partial charge in [0.25, 0.3) is 5.91 Å². The van der Waals surface area contributed by atoms with E-state index in [0.717, 1.165) is 19.4 Å². The number of anilines is 1. The van der Waals surface area contributed by atoms with Crippen molar-refractivity contribution >= 4 is 17.5 Å². The molecule has 1 aromatic rings. The van der Waals surface area contributed by atoms with Crippen LogP contribution in [0.15, 0.2) is 24.3 Å². The Morgan fingerprint density at radius 2 is 2.13 bits per heavy atom. The number of nitrogens with one attached hydrogen (secondary N) is 1. The molecule has 1 aliphatic rings. The minimum atomic E-state index is -0.0490. The van der Waals surface area contributed by atoms with E-state index in [9.17, 15) is 9.59 Å². The van der Waals surface area contributed by atoms with Crippen LogP contribution in [0.25, 0.3) is 0 Å². The van der Waals surface area contributed by atoms with Crippen molar-refractivity contribution in [2.75, 3.05) is 26.0 Å². The van der Waals surface area contributed by atoms with E-state index in [4.69, 9.17) is 0 Å². The van der Waals surface area contributed by atoms with Gasteiger partial charge in [0.2, 0.25) is 5.91 Å². The second-order valence-corrected chi connectivity index (χ2v) is 6.41. The van der Waals surface area contributed by atoms with Crippen LogP contribution in [0.5, 0.6) is 0 Å². The number of rotatable bonds is 4.